The maximum atomic E-state index is 12.0. The van der Waals surface area contributed by atoms with Crippen LogP contribution >= 0.6 is 11.6 Å². The number of aliphatic hydroxyl groups excluding tert-OH is 1. The molecular formula is C14H18ClNO2. The second kappa shape index (κ2) is 5.72. The van der Waals surface area contributed by atoms with Crippen LogP contribution in [0, 0.1) is 5.92 Å². The average Bonchev–Trinajstić information content (AvgIpc) is 3.16. The third kappa shape index (κ3) is 2.85. The lowest BCUT2D eigenvalue weighted by atomic mass is 10.1. The zero-order valence-electron chi connectivity index (χ0n) is 10.4. The highest BCUT2D eigenvalue weighted by Gasteiger charge is 2.45. The van der Waals surface area contributed by atoms with E-state index >= 15 is 0 Å². The van der Waals surface area contributed by atoms with Crippen molar-refractivity contribution in [3.8, 4) is 0 Å². The molecule has 1 aliphatic rings. The highest BCUT2D eigenvalue weighted by Crippen LogP contribution is 2.49. The minimum absolute atomic E-state index is 0.00509. The van der Waals surface area contributed by atoms with Crippen LogP contribution in [-0.4, -0.2) is 23.7 Å². The van der Waals surface area contributed by atoms with Crippen LogP contribution in [0.2, 0.25) is 5.02 Å². The molecule has 1 aromatic rings. The van der Waals surface area contributed by atoms with Gasteiger partial charge in [-0.15, -0.1) is 0 Å². The summed E-state index contributed by atoms with van der Waals surface area (Å²) in [6.07, 6.45) is 1.59. The van der Waals surface area contributed by atoms with Crippen LogP contribution in [0.4, 0.5) is 0 Å². The van der Waals surface area contributed by atoms with Gasteiger partial charge in [0.2, 0.25) is 5.91 Å². The molecule has 2 N–H and O–H groups in total. The Labute approximate surface area is 112 Å². The molecule has 3 atom stereocenters. The molecule has 0 heterocycles. The number of halogens is 1. The van der Waals surface area contributed by atoms with E-state index in [4.69, 9.17) is 16.7 Å². The van der Waals surface area contributed by atoms with Gasteiger partial charge in [0.1, 0.15) is 0 Å². The molecule has 0 bridgehead atoms. The van der Waals surface area contributed by atoms with E-state index in [1.165, 1.54) is 0 Å². The smallest absolute Gasteiger partial charge is 0.224 e. The van der Waals surface area contributed by atoms with Gasteiger partial charge in [0.15, 0.2) is 0 Å². The van der Waals surface area contributed by atoms with Crippen molar-refractivity contribution in [1.29, 1.82) is 0 Å². The number of hydrogen-bond donors (Lipinski definition) is 2. The molecule has 1 saturated carbocycles. The fourth-order valence-corrected chi connectivity index (χ4v) is 2.47. The Morgan fingerprint density at radius 3 is 2.89 bits per heavy atom. The van der Waals surface area contributed by atoms with Crippen molar-refractivity contribution >= 4 is 17.5 Å². The van der Waals surface area contributed by atoms with Crippen LogP contribution in [0.15, 0.2) is 24.3 Å². The monoisotopic (exact) mass is 267 g/mol. The first-order valence-corrected chi connectivity index (χ1v) is 6.70. The van der Waals surface area contributed by atoms with Crippen molar-refractivity contribution in [2.45, 2.75) is 31.7 Å². The predicted molar refractivity (Wildman–Crippen MR) is 71.6 cm³/mol. The van der Waals surface area contributed by atoms with Gasteiger partial charge < -0.3 is 10.4 Å². The third-order valence-corrected chi connectivity index (χ3v) is 3.84. The summed E-state index contributed by atoms with van der Waals surface area (Å²) in [6.45, 7) is 1.94. The minimum Gasteiger partial charge on any atom is -0.394 e. The van der Waals surface area contributed by atoms with Crippen LogP contribution in [0.5, 0.6) is 0 Å². The van der Waals surface area contributed by atoms with E-state index in [2.05, 4.69) is 5.32 Å². The summed E-state index contributed by atoms with van der Waals surface area (Å²) in [4.78, 5) is 12.0. The summed E-state index contributed by atoms with van der Waals surface area (Å²) in [5, 5.41) is 12.7. The van der Waals surface area contributed by atoms with Gasteiger partial charge in [-0.2, -0.15) is 0 Å². The normalized spacial score (nSPS) is 23.5. The predicted octanol–water partition coefficient (Wildman–Crippen LogP) is 2.33. The maximum Gasteiger partial charge on any atom is 0.224 e. The Morgan fingerprint density at radius 1 is 1.56 bits per heavy atom. The van der Waals surface area contributed by atoms with Gasteiger partial charge in [-0.25, -0.2) is 0 Å². The Bertz CT molecular complexity index is 432. The first-order chi connectivity index (χ1) is 8.67. The lowest BCUT2D eigenvalue weighted by molar-refractivity contribution is -0.123. The Morgan fingerprint density at radius 2 is 2.28 bits per heavy atom. The number of amides is 1. The van der Waals surface area contributed by atoms with Crippen LogP contribution in [0.25, 0.3) is 0 Å². The van der Waals surface area contributed by atoms with E-state index in [9.17, 15) is 4.79 Å². The molecule has 1 aliphatic carbocycles. The molecule has 0 radical (unpaired) electrons. The molecule has 3 unspecified atom stereocenters. The van der Waals surface area contributed by atoms with Crippen LogP contribution in [-0.2, 0) is 4.79 Å². The molecule has 1 fully saturated rings. The highest BCUT2D eigenvalue weighted by molar-refractivity contribution is 6.31. The Hall–Kier alpha value is -1.06. The number of rotatable bonds is 5. The quantitative estimate of drug-likeness (QED) is 0.860. The molecule has 18 heavy (non-hydrogen) atoms. The summed E-state index contributed by atoms with van der Waals surface area (Å²) in [5.41, 5.74) is 1.05. The van der Waals surface area contributed by atoms with Crippen molar-refractivity contribution in [1.82, 2.24) is 5.32 Å². The maximum absolute atomic E-state index is 12.0. The van der Waals surface area contributed by atoms with Gasteiger partial charge in [-0.1, -0.05) is 36.7 Å². The molecule has 98 valence electrons. The number of benzene rings is 1. The summed E-state index contributed by atoms with van der Waals surface area (Å²) in [5.74, 6) is 0.265. The standard InChI is InChI=1S/C14H18ClNO2/c1-2-9(8-17)16-14(18)12-7-11(12)10-5-3-4-6-13(10)15/h3-6,9,11-12,17H,2,7-8H2,1H3,(H,16,18). The SMILES string of the molecule is CCC(CO)NC(=O)C1CC1c1ccccc1Cl. The Kier molecular flexibility index (Phi) is 4.25. The molecule has 4 heteroatoms. The van der Waals surface area contributed by atoms with Crippen molar-refractivity contribution in [2.24, 2.45) is 5.92 Å². The van der Waals surface area contributed by atoms with Crippen LogP contribution in [0.1, 0.15) is 31.2 Å². The summed E-state index contributed by atoms with van der Waals surface area (Å²) >= 11 is 6.12. The van der Waals surface area contributed by atoms with Gasteiger partial charge in [0.25, 0.3) is 0 Å². The van der Waals surface area contributed by atoms with Crippen molar-refractivity contribution < 1.29 is 9.90 Å². The van der Waals surface area contributed by atoms with E-state index in [0.29, 0.717) is 0 Å². The number of carbonyl (C=O) groups is 1. The van der Waals surface area contributed by atoms with E-state index in [0.717, 1.165) is 23.4 Å². The van der Waals surface area contributed by atoms with E-state index in [1.54, 1.807) is 0 Å². The van der Waals surface area contributed by atoms with Gasteiger partial charge in [-0.05, 0) is 30.4 Å². The number of nitrogens with one attached hydrogen (secondary N) is 1. The van der Waals surface area contributed by atoms with E-state index in [-0.39, 0.29) is 30.4 Å². The third-order valence-electron chi connectivity index (χ3n) is 3.49. The zero-order valence-corrected chi connectivity index (χ0v) is 11.2. The average molecular weight is 268 g/mol. The lowest BCUT2D eigenvalue weighted by Gasteiger charge is -2.13. The molecule has 0 saturated heterocycles. The molecular weight excluding hydrogens is 250 g/mol. The second-order valence-corrected chi connectivity index (χ2v) is 5.17. The molecule has 2 rings (SSSR count). The van der Waals surface area contributed by atoms with Crippen molar-refractivity contribution in [3.05, 3.63) is 34.9 Å². The zero-order chi connectivity index (χ0) is 13.1. The van der Waals surface area contributed by atoms with Crippen molar-refractivity contribution in [2.75, 3.05) is 6.61 Å². The fourth-order valence-electron chi connectivity index (χ4n) is 2.19. The summed E-state index contributed by atoms with van der Waals surface area (Å²) in [6, 6.07) is 7.53. The van der Waals surface area contributed by atoms with E-state index < -0.39 is 0 Å². The molecule has 1 amide bonds. The molecule has 0 aliphatic heterocycles. The topological polar surface area (TPSA) is 49.3 Å². The molecule has 0 aromatic heterocycles. The Balaban J connectivity index is 1.95. The summed E-state index contributed by atoms with van der Waals surface area (Å²) < 4.78 is 0. The number of hydrogen-bond acceptors (Lipinski definition) is 2. The van der Waals surface area contributed by atoms with Gasteiger partial charge in [-0.3, -0.25) is 4.79 Å². The fraction of sp³-hybridized carbons (Fsp3) is 0.500. The lowest BCUT2D eigenvalue weighted by Crippen LogP contribution is -2.38. The minimum atomic E-state index is -0.134. The first kappa shape index (κ1) is 13.4. The van der Waals surface area contributed by atoms with Gasteiger partial charge in [0.05, 0.1) is 12.6 Å². The summed E-state index contributed by atoms with van der Waals surface area (Å²) in [7, 11) is 0. The van der Waals surface area contributed by atoms with Crippen LogP contribution in [0.3, 0.4) is 0 Å². The molecule has 3 nitrogen and oxygen atoms in total. The highest BCUT2D eigenvalue weighted by atomic mass is 35.5. The van der Waals surface area contributed by atoms with Crippen LogP contribution < -0.4 is 5.32 Å². The van der Waals surface area contributed by atoms with Gasteiger partial charge in [0, 0.05) is 10.9 Å². The largest absolute Gasteiger partial charge is 0.394 e. The molecule has 1 aromatic carbocycles. The first-order valence-electron chi connectivity index (χ1n) is 6.33. The second-order valence-electron chi connectivity index (χ2n) is 4.77. The number of carbonyl (C=O) groups excluding carboxylic acids is 1. The van der Waals surface area contributed by atoms with E-state index in [1.807, 2.05) is 31.2 Å². The number of aliphatic hydroxyl groups is 1. The van der Waals surface area contributed by atoms with Crippen molar-refractivity contribution in [3.63, 3.8) is 0 Å². The van der Waals surface area contributed by atoms with Gasteiger partial charge >= 0.3 is 0 Å². The molecule has 0 spiro atoms.